The fourth-order valence-corrected chi connectivity index (χ4v) is 2.58. The number of anilines is 1. The summed E-state index contributed by atoms with van der Waals surface area (Å²) < 4.78 is 16.5. The lowest BCUT2D eigenvalue weighted by Gasteiger charge is -2.17. The van der Waals surface area contributed by atoms with E-state index in [2.05, 4.69) is 10.3 Å². The van der Waals surface area contributed by atoms with Crippen LogP contribution < -0.4 is 5.32 Å². The third kappa shape index (κ3) is 4.69. The number of amides is 1. The second-order valence-electron chi connectivity index (χ2n) is 6.09. The summed E-state index contributed by atoms with van der Waals surface area (Å²) >= 11 is 6.12. The minimum Gasteiger partial charge on any atom is -0.444 e. The number of rotatable bonds is 4. The predicted octanol–water partition coefficient (Wildman–Crippen LogP) is 4.31. The summed E-state index contributed by atoms with van der Waals surface area (Å²) in [6.45, 7) is 4.24. The van der Waals surface area contributed by atoms with Crippen molar-refractivity contribution in [2.75, 3.05) is 11.9 Å². The van der Waals surface area contributed by atoms with E-state index >= 15 is 0 Å². The highest BCUT2D eigenvalue weighted by Gasteiger charge is 2.34. The molecule has 1 fully saturated rings. The van der Waals surface area contributed by atoms with Crippen LogP contribution in [0.2, 0.25) is 5.02 Å². The molecule has 6 nitrogen and oxygen atoms in total. The van der Waals surface area contributed by atoms with Crippen molar-refractivity contribution < 1.29 is 19.0 Å². The van der Waals surface area contributed by atoms with Crippen molar-refractivity contribution in [1.82, 2.24) is 4.98 Å². The van der Waals surface area contributed by atoms with Gasteiger partial charge in [-0.25, -0.2) is 4.79 Å². The predicted molar refractivity (Wildman–Crippen MR) is 93.4 cm³/mol. The topological polar surface area (TPSA) is 69.7 Å². The van der Waals surface area contributed by atoms with E-state index in [1.165, 1.54) is 6.20 Å². The lowest BCUT2D eigenvalue weighted by atomic mass is 10.2. The maximum Gasteiger partial charge on any atom is 0.412 e. The van der Waals surface area contributed by atoms with E-state index in [4.69, 9.17) is 25.8 Å². The van der Waals surface area contributed by atoms with Gasteiger partial charge in [0, 0.05) is 6.20 Å². The van der Waals surface area contributed by atoms with Gasteiger partial charge in [0.25, 0.3) is 0 Å². The van der Waals surface area contributed by atoms with Crippen molar-refractivity contribution in [3.63, 3.8) is 0 Å². The molecule has 25 heavy (non-hydrogen) atoms. The number of nitrogens with zero attached hydrogens (tertiary/aromatic N) is 1. The lowest BCUT2D eigenvalue weighted by Crippen LogP contribution is -2.20. The molecule has 1 amide bonds. The lowest BCUT2D eigenvalue weighted by molar-refractivity contribution is -0.139. The quantitative estimate of drug-likeness (QED) is 0.877. The molecular formula is C18H19ClN2O4. The average Bonchev–Trinajstić information content (AvgIpc) is 2.96. The van der Waals surface area contributed by atoms with Gasteiger partial charge in [-0.1, -0.05) is 41.9 Å². The van der Waals surface area contributed by atoms with Crippen LogP contribution in [-0.2, 0) is 20.8 Å². The van der Waals surface area contributed by atoms with Gasteiger partial charge in [-0.15, -0.1) is 0 Å². The van der Waals surface area contributed by atoms with Crippen molar-refractivity contribution in [3.8, 4) is 0 Å². The number of hydrogen-bond acceptors (Lipinski definition) is 5. The van der Waals surface area contributed by atoms with Crippen molar-refractivity contribution in [2.45, 2.75) is 32.3 Å². The first kappa shape index (κ1) is 17.7. The molecule has 1 unspecified atom stereocenters. The molecule has 1 N–H and O–H groups in total. The summed E-state index contributed by atoms with van der Waals surface area (Å²) in [6.07, 6.45) is 0.568. The Bertz CT molecular complexity index is 752. The molecule has 0 bridgehead atoms. The van der Waals surface area contributed by atoms with Gasteiger partial charge < -0.3 is 14.2 Å². The number of nitrogens with one attached hydrogen (secondary N) is 1. The van der Waals surface area contributed by atoms with Crippen LogP contribution >= 0.6 is 11.6 Å². The van der Waals surface area contributed by atoms with Crippen molar-refractivity contribution >= 4 is 23.4 Å². The Labute approximate surface area is 151 Å². The van der Waals surface area contributed by atoms with Gasteiger partial charge in [0.15, 0.2) is 5.79 Å². The fraction of sp³-hybridized carbons (Fsp3) is 0.333. The molecule has 1 aliphatic rings. The second kappa shape index (κ2) is 7.39. The number of ether oxygens (including phenoxy) is 3. The van der Waals surface area contributed by atoms with E-state index < -0.39 is 11.9 Å². The first-order valence-electron chi connectivity index (χ1n) is 7.88. The fourth-order valence-electron chi connectivity index (χ4n) is 2.43. The molecule has 2 aromatic rings. The highest BCUT2D eigenvalue weighted by molar-refractivity contribution is 6.33. The third-order valence-corrected chi connectivity index (χ3v) is 3.97. The first-order valence-corrected chi connectivity index (χ1v) is 8.26. The van der Waals surface area contributed by atoms with Gasteiger partial charge >= 0.3 is 6.09 Å². The molecule has 0 radical (unpaired) electrons. The van der Waals surface area contributed by atoms with Gasteiger partial charge in [0.05, 0.1) is 23.0 Å². The van der Waals surface area contributed by atoms with Gasteiger partial charge in [-0.2, -0.15) is 0 Å². The van der Waals surface area contributed by atoms with Crippen LogP contribution in [0.15, 0.2) is 42.6 Å². The van der Waals surface area contributed by atoms with Gasteiger partial charge in [0.2, 0.25) is 0 Å². The van der Waals surface area contributed by atoms with Gasteiger partial charge in [0.1, 0.15) is 12.7 Å². The standard InChI is InChI=1S/C18H19ClN2O4/c1-18(2)24-11-16(25-18)15-8-14(13(19)9-20-15)21-17(22)23-10-12-6-4-3-5-7-12/h3-9,16H,10-11H2,1-2H3,(H,20,21,22). The second-order valence-corrected chi connectivity index (χ2v) is 6.50. The Kier molecular flexibility index (Phi) is 5.22. The van der Waals surface area contributed by atoms with Crippen LogP contribution in [0.3, 0.4) is 0 Å². The summed E-state index contributed by atoms with van der Waals surface area (Å²) in [5.74, 6) is -0.659. The zero-order valence-electron chi connectivity index (χ0n) is 14.0. The Balaban J connectivity index is 1.63. The molecule has 1 saturated heterocycles. The molecule has 1 aliphatic heterocycles. The summed E-state index contributed by atoms with van der Waals surface area (Å²) in [4.78, 5) is 16.3. The number of benzene rings is 1. The average molecular weight is 363 g/mol. The molecule has 132 valence electrons. The maximum absolute atomic E-state index is 12.0. The number of aromatic nitrogens is 1. The summed E-state index contributed by atoms with van der Waals surface area (Å²) in [7, 11) is 0. The number of carbonyl (C=O) groups excluding carboxylic acids is 1. The SMILES string of the molecule is CC1(C)OCC(c2cc(NC(=O)OCc3ccccc3)c(Cl)cn2)O1. The van der Waals surface area contributed by atoms with Crippen molar-refractivity contribution in [3.05, 3.63) is 58.9 Å². The van der Waals surface area contributed by atoms with Crippen LogP contribution in [0, 0.1) is 0 Å². The number of carbonyl (C=O) groups is 1. The smallest absolute Gasteiger partial charge is 0.412 e. The van der Waals surface area contributed by atoms with E-state index in [-0.39, 0.29) is 12.7 Å². The van der Waals surface area contributed by atoms with Crippen LogP contribution in [-0.4, -0.2) is 23.5 Å². The van der Waals surface area contributed by atoms with Gasteiger partial charge in [-0.3, -0.25) is 10.3 Å². The molecule has 3 rings (SSSR count). The Morgan fingerprint density at radius 2 is 2.16 bits per heavy atom. The third-order valence-electron chi connectivity index (χ3n) is 3.66. The van der Waals surface area contributed by atoms with Gasteiger partial charge in [-0.05, 0) is 25.5 Å². The molecular weight excluding hydrogens is 344 g/mol. The first-order chi connectivity index (χ1) is 11.9. The van der Waals surface area contributed by atoms with Crippen LogP contribution in [0.4, 0.5) is 10.5 Å². The number of hydrogen-bond donors (Lipinski definition) is 1. The summed E-state index contributed by atoms with van der Waals surface area (Å²) in [6, 6.07) is 11.1. The van der Waals surface area contributed by atoms with E-state index in [0.717, 1.165) is 5.56 Å². The molecule has 1 aromatic heterocycles. The Morgan fingerprint density at radius 1 is 1.40 bits per heavy atom. The highest BCUT2D eigenvalue weighted by atomic mass is 35.5. The normalized spacial score (nSPS) is 18.8. The van der Waals surface area contributed by atoms with Crippen molar-refractivity contribution in [1.29, 1.82) is 0 Å². The molecule has 1 atom stereocenters. The number of pyridine rings is 1. The largest absolute Gasteiger partial charge is 0.444 e. The molecule has 2 heterocycles. The van der Waals surface area contributed by atoms with E-state index in [1.54, 1.807) is 6.07 Å². The monoisotopic (exact) mass is 362 g/mol. The maximum atomic E-state index is 12.0. The molecule has 0 saturated carbocycles. The molecule has 0 aliphatic carbocycles. The van der Waals surface area contributed by atoms with E-state index in [0.29, 0.717) is 23.0 Å². The Morgan fingerprint density at radius 3 is 2.84 bits per heavy atom. The van der Waals surface area contributed by atoms with Crippen LogP contribution in [0.1, 0.15) is 31.2 Å². The molecule has 0 spiro atoms. The van der Waals surface area contributed by atoms with Crippen molar-refractivity contribution in [2.24, 2.45) is 0 Å². The Hall–Kier alpha value is -2.15. The summed E-state index contributed by atoms with van der Waals surface area (Å²) in [5, 5.41) is 2.95. The number of halogens is 1. The highest BCUT2D eigenvalue weighted by Crippen LogP contribution is 2.34. The minimum absolute atomic E-state index is 0.177. The molecule has 1 aromatic carbocycles. The zero-order valence-corrected chi connectivity index (χ0v) is 14.7. The van der Waals surface area contributed by atoms with Crippen LogP contribution in [0.25, 0.3) is 0 Å². The van der Waals surface area contributed by atoms with Crippen LogP contribution in [0.5, 0.6) is 0 Å². The van der Waals surface area contributed by atoms with E-state index in [1.807, 2.05) is 44.2 Å². The minimum atomic E-state index is -0.659. The zero-order chi connectivity index (χ0) is 17.9. The van der Waals surface area contributed by atoms with E-state index in [9.17, 15) is 4.79 Å². The summed E-state index contributed by atoms with van der Waals surface area (Å²) in [5.41, 5.74) is 1.95. The molecule has 7 heteroatoms.